The fourth-order valence-electron chi connectivity index (χ4n) is 1.20. The zero-order valence-corrected chi connectivity index (χ0v) is 11.1. The summed E-state index contributed by atoms with van der Waals surface area (Å²) in [4.78, 5) is 14.3. The molecule has 0 aliphatic rings. The highest BCUT2D eigenvalue weighted by Crippen LogP contribution is 2.20. The lowest BCUT2D eigenvalue weighted by molar-refractivity contribution is 0.0827. The van der Waals surface area contributed by atoms with E-state index in [1.165, 1.54) is 0 Å². The highest BCUT2D eigenvalue weighted by atomic mass is 32.2. The third kappa shape index (κ3) is 4.24. The molecule has 0 saturated carbocycles. The third-order valence-corrected chi connectivity index (χ3v) is 3.40. The molecule has 3 nitrogen and oxygen atoms in total. The Hall–Kier alpha value is -1.26. The van der Waals surface area contributed by atoms with Crippen LogP contribution in [0.4, 0.5) is 0 Å². The lowest BCUT2D eigenvalue weighted by Gasteiger charge is -2.10. The summed E-state index contributed by atoms with van der Waals surface area (Å²) in [5.74, 6) is 0.838. The first-order chi connectivity index (χ1) is 8.04. The minimum atomic E-state index is 0.0212. The van der Waals surface area contributed by atoms with E-state index in [1.54, 1.807) is 30.8 Å². The van der Waals surface area contributed by atoms with Gasteiger partial charge in [0, 0.05) is 36.9 Å². The second kappa shape index (κ2) is 6.47. The van der Waals surface area contributed by atoms with Gasteiger partial charge in [0.2, 0.25) is 0 Å². The molecule has 0 bridgehead atoms. The Bertz CT molecular complexity index is 398. The molecule has 2 N–H and O–H groups in total. The number of nitrogens with two attached hydrogens (primary N) is 1. The van der Waals surface area contributed by atoms with Crippen LogP contribution < -0.4 is 5.73 Å². The molecule has 17 heavy (non-hydrogen) atoms. The molecule has 92 valence electrons. The summed E-state index contributed by atoms with van der Waals surface area (Å²) in [6.45, 7) is 4.37. The quantitative estimate of drug-likeness (QED) is 0.642. The van der Waals surface area contributed by atoms with Gasteiger partial charge in [-0.2, -0.15) is 0 Å². The summed E-state index contributed by atoms with van der Waals surface area (Å²) in [5.41, 5.74) is 7.19. The highest BCUT2D eigenvalue weighted by molar-refractivity contribution is 7.99. The Labute approximate surface area is 107 Å². The number of benzene rings is 1. The van der Waals surface area contributed by atoms with Crippen LogP contribution in [-0.2, 0) is 0 Å². The second-order valence-corrected chi connectivity index (χ2v) is 5.02. The topological polar surface area (TPSA) is 46.3 Å². The van der Waals surface area contributed by atoms with Crippen molar-refractivity contribution >= 4 is 17.7 Å². The van der Waals surface area contributed by atoms with Gasteiger partial charge >= 0.3 is 0 Å². The van der Waals surface area contributed by atoms with E-state index in [1.807, 2.05) is 24.3 Å². The van der Waals surface area contributed by atoms with Crippen LogP contribution in [0, 0.1) is 0 Å². The zero-order valence-electron chi connectivity index (χ0n) is 10.3. The maximum Gasteiger partial charge on any atom is 0.253 e. The molecule has 0 aromatic heterocycles. The average molecular weight is 250 g/mol. The second-order valence-electron chi connectivity index (χ2n) is 3.97. The van der Waals surface area contributed by atoms with Gasteiger partial charge < -0.3 is 10.6 Å². The molecule has 0 fully saturated rings. The standard InChI is InChI=1S/C13H18N2OS/c1-10(8-14)9-17-12-6-4-11(5-7-12)13(16)15(2)3/h4-7H,1,8-9,14H2,2-3H3. The third-order valence-electron chi connectivity index (χ3n) is 2.24. The van der Waals surface area contributed by atoms with Gasteiger partial charge in [0.15, 0.2) is 0 Å². The van der Waals surface area contributed by atoms with Gasteiger partial charge in [-0.15, -0.1) is 11.8 Å². The smallest absolute Gasteiger partial charge is 0.253 e. The summed E-state index contributed by atoms with van der Waals surface area (Å²) in [7, 11) is 3.49. The van der Waals surface area contributed by atoms with E-state index in [0.29, 0.717) is 12.1 Å². The molecule has 1 amide bonds. The maximum atomic E-state index is 11.7. The summed E-state index contributed by atoms with van der Waals surface area (Å²) < 4.78 is 0. The molecule has 0 heterocycles. The first-order valence-corrected chi connectivity index (χ1v) is 6.34. The van der Waals surface area contributed by atoms with E-state index in [0.717, 1.165) is 16.2 Å². The number of hydrogen-bond acceptors (Lipinski definition) is 3. The zero-order chi connectivity index (χ0) is 12.8. The van der Waals surface area contributed by atoms with E-state index in [2.05, 4.69) is 6.58 Å². The Morgan fingerprint density at radius 3 is 2.41 bits per heavy atom. The minimum Gasteiger partial charge on any atom is -0.345 e. The lowest BCUT2D eigenvalue weighted by atomic mass is 10.2. The SMILES string of the molecule is C=C(CN)CSc1ccc(C(=O)N(C)C)cc1. The number of hydrogen-bond donors (Lipinski definition) is 1. The van der Waals surface area contributed by atoms with Crippen LogP contribution in [-0.4, -0.2) is 37.2 Å². The van der Waals surface area contributed by atoms with Crippen LogP contribution in [0.25, 0.3) is 0 Å². The summed E-state index contributed by atoms with van der Waals surface area (Å²) in [6.07, 6.45) is 0. The normalized spacial score (nSPS) is 10.1. The molecule has 0 atom stereocenters. The highest BCUT2D eigenvalue weighted by Gasteiger charge is 2.07. The molecule has 0 saturated heterocycles. The summed E-state index contributed by atoms with van der Waals surface area (Å²) >= 11 is 1.68. The number of amides is 1. The van der Waals surface area contributed by atoms with E-state index >= 15 is 0 Å². The molecule has 4 heteroatoms. The fraction of sp³-hybridized carbons (Fsp3) is 0.308. The lowest BCUT2D eigenvalue weighted by Crippen LogP contribution is -2.21. The van der Waals surface area contributed by atoms with Crippen molar-refractivity contribution in [3.8, 4) is 0 Å². The average Bonchev–Trinajstić information content (AvgIpc) is 2.35. The van der Waals surface area contributed by atoms with Crippen molar-refractivity contribution in [3.05, 3.63) is 42.0 Å². The number of carbonyl (C=O) groups excluding carboxylic acids is 1. The molecule has 0 aliphatic heterocycles. The Morgan fingerprint density at radius 2 is 1.94 bits per heavy atom. The Balaban J connectivity index is 2.62. The first kappa shape index (κ1) is 13.8. The van der Waals surface area contributed by atoms with Gasteiger partial charge in [-0.05, 0) is 24.3 Å². The number of carbonyl (C=O) groups is 1. The summed E-state index contributed by atoms with van der Waals surface area (Å²) in [5, 5.41) is 0. The van der Waals surface area contributed by atoms with Gasteiger partial charge in [-0.3, -0.25) is 4.79 Å². The number of rotatable bonds is 5. The molecule has 0 radical (unpaired) electrons. The predicted octanol–water partition coefficient (Wildman–Crippen LogP) is 2.00. The van der Waals surface area contributed by atoms with Crippen LogP contribution in [0.15, 0.2) is 41.3 Å². The van der Waals surface area contributed by atoms with Gasteiger partial charge in [0.1, 0.15) is 0 Å². The van der Waals surface area contributed by atoms with E-state index in [9.17, 15) is 4.79 Å². The van der Waals surface area contributed by atoms with Crippen molar-refractivity contribution in [1.29, 1.82) is 0 Å². The largest absolute Gasteiger partial charge is 0.345 e. The predicted molar refractivity (Wildman–Crippen MR) is 73.4 cm³/mol. The fourth-order valence-corrected chi connectivity index (χ4v) is 2.01. The molecular weight excluding hydrogens is 232 g/mol. The maximum absolute atomic E-state index is 11.7. The van der Waals surface area contributed by atoms with Crippen LogP contribution in [0.3, 0.4) is 0 Å². The van der Waals surface area contributed by atoms with Crippen LogP contribution in [0.2, 0.25) is 0 Å². The van der Waals surface area contributed by atoms with Crippen molar-refractivity contribution in [3.63, 3.8) is 0 Å². The number of nitrogens with zero attached hydrogens (tertiary/aromatic N) is 1. The van der Waals surface area contributed by atoms with Gasteiger partial charge in [0.05, 0.1) is 0 Å². The molecular formula is C13H18N2OS. The van der Waals surface area contributed by atoms with Crippen molar-refractivity contribution in [2.45, 2.75) is 4.90 Å². The molecule has 0 spiro atoms. The van der Waals surface area contributed by atoms with Crippen molar-refractivity contribution in [2.24, 2.45) is 5.73 Å². The molecule has 1 aromatic carbocycles. The molecule has 1 rings (SSSR count). The van der Waals surface area contributed by atoms with Crippen molar-refractivity contribution in [2.75, 3.05) is 26.4 Å². The van der Waals surface area contributed by atoms with E-state index < -0.39 is 0 Å². The van der Waals surface area contributed by atoms with Crippen LogP contribution in [0.5, 0.6) is 0 Å². The van der Waals surface area contributed by atoms with Crippen LogP contribution in [0.1, 0.15) is 10.4 Å². The molecule has 0 aliphatic carbocycles. The van der Waals surface area contributed by atoms with Crippen LogP contribution >= 0.6 is 11.8 Å². The monoisotopic (exact) mass is 250 g/mol. The van der Waals surface area contributed by atoms with Gasteiger partial charge in [-0.1, -0.05) is 12.2 Å². The number of thioether (sulfide) groups is 1. The Morgan fingerprint density at radius 1 is 1.35 bits per heavy atom. The molecule has 0 unspecified atom stereocenters. The Kier molecular flexibility index (Phi) is 5.25. The van der Waals surface area contributed by atoms with Crippen molar-refractivity contribution in [1.82, 2.24) is 4.90 Å². The van der Waals surface area contributed by atoms with E-state index in [-0.39, 0.29) is 5.91 Å². The van der Waals surface area contributed by atoms with E-state index in [4.69, 9.17) is 5.73 Å². The minimum absolute atomic E-state index is 0.0212. The van der Waals surface area contributed by atoms with Gasteiger partial charge in [-0.25, -0.2) is 0 Å². The molecule has 1 aromatic rings. The summed E-state index contributed by atoms with van der Waals surface area (Å²) in [6, 6.07) is 7.59. The van der Waals surface area contributed by atoms with Crippen molar-refractivity contribution < 1.29 is 4.79 Å². The van der Waals surface area contributed by atoms with Gasteiger partial charge in [0.25, 0.3) is 5.91 Å². The first-order valence-electron chi connectivity index (χ1n) is 5.36.